The van der Waals surface area contributed by atoms with Crippen molar-refractivity contribution in [2.24, 2.45) is 34.5 Å². The maximum atomic E-state index is 12.1. The smallest absolute Gasteiger partial charge is 0.314 e. The lowest BCUT2D eigenvalue weighted by atomic mass is 9.42. The zero-order chi connectivity index (χ0) is 19.9. The molecule has 5 rings (SSSR count). The third-order valence-corrected chi connectivity index (χ3v) is 10.1. The number of aliphatic hydroxyl groups is 3. The van der Waals surface area contributed by atoms with Crippen molar-refractivity contribution in [1.82, 2.24) is 0 Å². The number of cyclic esters (lactones) is 1. The van der Waals surface area contributed by atoms with Crippen molar-refractivity contribution in [3.63, 3.8) is 0 Å². The number of ether oxygens (including phenoxy) is 1. The molecule has 0 bridgehead atoms. The van der Waals surface area contributed by atoms with Crippen molar-refractivity contribution in [3.8, 4) is 0 Å². The first-order valence-electron chi connectivity index (χ1n) is 11.2. The fourth-order valence-electron chi connectivity index (χ4n) is 8.37. The van der Waals surface area contributed by atoms with E-state index in [0.717, 1.165) is 44.1 Å². The molecule has 3 N–H and O–H groups in total. The van der Waals surface area contributed by atoms with Gasteiger partial charge in [0.05, 0.1) is 30.5 Å². The van der Waals surface area contributed by atoms with Crippen molar-refractivity contribution in [1.29, 1.82) is 0 Å². The molecule has 0 saturated heterocycles. The van der Waals surface area contributed by atoms with Crippen LogP contribution in [0.5, 0.6) is 0 Å². The van der Waals surface area contributed by atoms with E-state index in [-0.39, 0.29) is 35.7 Å². The molecule has 1 heterocycles. The van der Waals surface area contributed by atoms with Gasteiger partial charge in [-0.2, -0.15) is 0 Å². The minimum Gasteiger partial charge on any atom is -0.434 e. The van der Waals surface area contributed by atoms with Crippen LogP contribution in [0.2, 0.25) is 0 Å². The minimum absolute atomic E-state index is 0.00129. The second-order valence-corrected chi connectivity index (χ2v) is 10.8. The van der Waals surface area contributed by atoms with Crippen molar-refractivity contribution in [3.05, 3.63) is 11.8 Å². The molecule has 0 aromatic carbocycles. The Balaban J connectivity index is 1.50. The van der Waals surface area contributed by atoms with Gasteiger partial charge in [-0.3, -0.25) is 4.79 Å². The summed E-state index contributed by atoms with van der Waals surface area (Å²) < 4.78 is 5.09. The fraction of sp³-hybridized carbons (Fsp3) is 0.870. The van der Waals surface area contributed by atoms with Crippen LogP contribution in [-0.2, 0) is 9.53 Å². The van der Waals surface area contributed by atoms with E-state index in [1.54, 1.807) is 6.26 Å². The quantitative estimate of drug-likeness (QED) is 0.599. The van der Waals surface area contributed by atoms with E-state index in [1.807, 2.05) is 6.92 Å². The largest absolute Gasteiger partial charge is 0.434 e. The van der Waals surface area contributed by atoms with E-state index < -0.39 is 17.1 Å². The second-order valence-electron chi connectivity index (χ2n) is 10.8. The molecule has 5 nitrogen and oxygen atoms in total. The number of hydrogen-bond acceptors (Lipinski definition) is 5. The molecule has 4 fully saturated rings. The molecule has 0 radical (unpaired) electrons. The van der Waals surface area contributed by atoms with Gasteiger partial charge in [0.15, 0.2) is 0 Å². The van der Waals surface area contributed by atoms with Crippen LogP contribution in [0.15, 0.2) is 11.8 Å². The Kier molecular flexibility index (Phi) is 4.12. The third kappa shape index (κ3) is 2.27. The van der Waals surface area contributed by atoms with E-state index in [9.17, 15) is 20.1 Å². The summed E-state index contributed by atoms with van der Waals surface area (Å²) in [6.45, 7) is 4.39. The number of hydrogen-bond donors (Lipinski definition) is 3. The molecule has 156 valence electrons. The topological polar surface area (TPSA) is 87.0 Å². The molecular formula is C23H34O5. The third-order valence-electron chi connectivity index (χ3n) is 10.1. The lowest BCUT2D eigenvalue weighted by molar-refractivity contribution is -0.244. The highest BCUT2D eigenvalue weighted by Gasteiger charge is 2.70. The van der Waals surface area contributed by atoms with Gasteiger partial charge in [0.25, 0.3) is 0 Å². The average molecular weight is 391 g/mol. The van der Waals surface area contributed by atoms with E-state index in [4.69, 9.17) is 4.74 Å². The van der Waals surface area contributed by atoms with Gasteiger partial charge in [0.1, 0.15) is 0 Å². The number of carbonyl (C=O) groups is 1. The molecule has 0 unspecified atom stereocenters. The Morgan fingerprint density at radius 2 is 1.82 bits per heavy atom. The Morgan fingerprint density at radius 1 is 1.04 bits per heavy atom. The summed E-state index contributed by atoms with van der Waals surface area (Å²) in [5, 5.41) is 33.7. The Morgan fingerprint density at radius 3 is 2.54 bits per heavy atom. The SMILES string of the molecule is C[C@]12CC[C@H](O)C[C@H]1CC[C@@H]1[C@@H]2C[C@@H](O)[C@]2(C)[C@@H](C3=COC(=O)C3)CC[C@]12O. The zero-order valence-corrected chi connectivity index (χ0v) is 17.1. The molecule has 0 amide bonds. The van der Waals surface area contributed by atoms with Crippen LogP contribution in [0.4, 0.5) is 0 Å². The van der Waals surface area contributed by atoms with Crippen molar-refractivity contribution in [2.45, 2.75) is 89.4 Å². The van der Waals surface area contributed by atoms with Crippen molar-refractivity contribution in [2.75, 3.05) is 0 Å². The van der Waals surface area contributed by atoms with Crippen molar-refractivity contribution < 1.29 is 24.9 Å². The maximum Gasteiger partial charge on any atom is 0.314 e. The minimum atomic E-state index is -0.906. The van der Waals surface area contributed by atoms with Gasteiger partial charge >= 0.3 is 5.97 Å². The summed E-state index contributed by atoms with van der Waals surface area (Å²) in [6, 6.07) is 0. The molecule has 4 saturated carbocycles. The molecule has 28 heavy (non-hydrogen) atoms. The molecular weight excluding hydrogens is 356 g/mol. The van der Waals surface area contributed by atoms with Crippen LogP contribution in [0.25, 0.3) is 0 Å². The molecule has 4 aliphatic carbocycles. The Labute approximate surface area is 167 Å². The summed E-state index contributed by atoms with van der Waals surface area (Å²) in [5.74, 6) is 0.727. The average Bonchev–Trinajstić information content (AvgIpc) is 3.19. The normalized spacial score (nSPS) is 55.8. The second kappa shape index (κ2) is 6.05. The number of aliphatic hydroxyl groups excluding tert-OH is 2. The molecule has 0 aromatic rings. The lowest BCUT2D eigenvalue weighted by Crippen LogP contribution is -2.67. The molecule has 0 spiro atoms. The van der Waals surface area contributed by atoms with Gasteiger partial charge in [-0.15, -0.1) is 0 Å². The number of esters is 1. The highest BCUT2D eigenvalue weighted by Crippen LogP contribution is 2.70. The maximum absolute atomic E-state index is 12.1. The summed E-state index contributed by atoms with van der Waals surface area (Å²) in [5.41, 5.74) is -0.507. The van der Waals surface area contributed by atoms with Gasteiger partial charge in [0.2, 0.25) is 0 Å². The van der Waals surface area contributed by atoms with Crippen LogP contribution < -0.4 is 0 Å². The summed E-state index contributed by atoms with van der Waals surface area (Å²) in [7, 11) is 0. The molecule has 5 aliphatic rings. The van der Waals surface area contributed by atoms with Crippen LogP contribution in [0, 0.1) is 34.5 Å². The van der Waals surface area contributed by atoms with Gasteiger partial charge in [-0.1, -0.05) is 13.8 Å². The molecule has 1 aliphatic heterocycles. The summed E-state index contributed by atoms with van der Waals surface area (Å²) in [6.07, 6.45) is 7.97. The van der Waals surface area contributed by atoms with E-state index in [2.05, 4.69) is 6.92 Å². The zero-order valence-electron chi connectivity index (χ0n) is 17.1. The van der Waals surface area contributed by atoms with Crippen LogP contribution in [-0.4, -0.2) is 39.1 Å². The van der Waals surface area contributed by atoms with Crippen LogP contribution in [0.1, 0.15) is 71.6 Å². The molecule has 9 atom stereocenters. The monoisotopic (exact) mass is 390 g/mol. The van der Waals surface area contributed by atoms with E-state index in [1.165, 1.54) is 0 Å². The fourth-order valence-corrected chi connectivity index (χ4v) is 8.37. The number of carbonyl (C=O) groups excluding carboxylic acids is 1. The Hall–Kier alpha value is -0.910. The predicted molar refractivity (Wildman–Crippen MR) is 103 cm³/mol. The first kappa shape index (κ1) is 19.1. The van der Waals surface area contributed by atoms with E-state index in [0.29, 0.717) is 24.7 Å². The van der Waals surface area contributed by atoms with Crippen LogP contribution in [0.3, 0.4) is 0 Å². The molecule has 0 aromatic heterocycles. The molecule has 5 heteroatoms. The van der Waals surface area contributed by atoms with Gasteiger partial charge in [-0.25, -0.2) is 0 Å². The first-order valence-corrected chi connectivity index (χ1v) is 11.2. The first-order chi connectivity index (χ1) is 13.2. The van der Waals surface area contributed by atoms with Gasteiger partial charge < -0.3 is 20.1 Å². The summed E-state index contributed by atoms with van der Waals surface area (Å²) >= 11 is 0. The van der Waals surface area contributed by atoms with E-state index >= 15 is 0 Å². The highest BCUT2D eigenvalue weighted by molar-refractivity contribution is 5.76. The van der Waals surface area contributed by atoms with Gasteiger partial charge in [-0.05, 0) is 86.0 Å². The summed E-state index contributed by atoms with van der Waals surface area (Å²) in [4.78, 5) is 11.7. The Bertz CT molecular complexity index is 718. The lowest BCUT2D eigenvalue weighted by Gasteiger charge is -2.64. The van der Waals surface area contributed by atoms with Crippen LogP contribution >= 0.6 is 0 Å². The predicted octanol–water partition coefficient (Wildman–Crippen LogP) is 2.92. The number of fused-ring (bicyclic) bond motifs is 5. The van der Waals surface area contributed by atoms with Crippen molar-refractivity contribution >= 4 is 5.97 Å². The standard InChI is InChI=1S/C23H34O5/c1-21-7-5-15(24)10-14(21)3-4-17-18(21)11-19(25)22(2)16(6-8-23(17,22)27)13-9-20(26)28-12-13/h12,14-19,24-25,27H,3-11H2,1-2H3/t14-,15+,16-,17-,18+,19-,21+,22+,23+/m1/s1. The number of rotatable bonds is 1. The highest BCUT2D eigenvalue weighted by atomic mass is 16.5. The van der Waals surface area contributed by atoms with Gasteiger partial charge in [0, 0.05) is 5.41 Å².